The van der Waals surface area contributed by atoms with Crippen LogP contribution in [0.4, 0.5) is 0 Å². The number of aromatic hydroxyl groups is 1. The first-order valence-electron chi connectivity index (χ1n) is 6.39. The molecule has 20 heavy (non-hydrogen) atoms. The number of carboxylic acid groups (broad SMARTS) is 1. The Labute approximate surface area is 116 Å². The summed E-state index contributed by atoms with van der Waals surface area (Å²) in [6.45, 7) is 0.0530. The van der Waals surface area contributed by atoms with Gasteiger partial charge in [0.05, 0.1) is 12.7 Å². The highest BCUT2D eigenvalue weighted by Gasteiger charge is 2.29. The summed E-state index contributed by atoms with van der Waals surface area (Å²) >= 11 is 0. The van der Waals surface area contributed by atoms with E-state index in [4.69, 9.17) is 9.84 Å². The number of amides is 1. The topological polar surface area (TPSA) is 87.1 Å². The zero-order valence-electron chi connectivity index (χ0n) is 11.2. The average Bonchev–Trinajstić information content (AvgIpc) is 3.20. The molecule has 0 unspecified atom stereocenters. The van der Waals surface area contributed by atoms with Crippen molar-refractivity contribution in [2.45, 2.75) is 12.8 Å². The largest absolute Gasteiger partial charge is 0.507 e. The van der Waals surface area contributed by atoms with Gasteiger partial charge >= 0.3 is 5.97 Å². The van der Waals surface area contributed by atoms with E-state index >= 15 is 0 Å². The highest BCUT2D eigenvalue weighted by molar-refractivity contribution is 5.98. The molecular weight excluding hydrogens is 262 g/mol. The number of carboxylic acids is 1. The number of nitrogens with zero attached hydrogens (tertiary/aromatic N) is 1. The Morgan fingerprint density at radius 3 is 2.60 bits per heavy atom. The van der Waals surface area contributed by atoms with Gasteiger partial charge in [-0.2, -0.15) is 0 Å². The van der Waals surface area contributed by atoms with E-state index in [0.29, 0.717) is 18.2 Å². The van der Waals surface area contributed by atoms with Crippen LogP contribution in [0.2, 0.25) is 0 Å². The molecule has 6 nitrogen and oxygen atoms in total. The summed E-state index contributed by atoms with van der Waals surface area (Å²) in [6, 6.07) is 4.34. The summed E-state index contributed by atoms with van der Waals surface area (Å²) in [6.07, 6.45) is 2.02. The smallest absolute Gasteiger partial charge is 0.323 e. The van der Waals surface area contributed by atoms with Crippen LogP contribution in [0, 0.1) is 5.92 Å². The van der Waals surface area contributed by atoms with E-state index in [-0.39, 0.29) is 17.9 Å². The molecule has 1 aliphatic carbocycles. The Bertz CT molecular complexity index is 524. The monoisotopic (exact) mass is 279 g/mol. The Hall–Kier alpha value is -2.24. The normalized spacial score (nSPS) is 13.8. The van der Waals surface area contributed by atoms with Crippen LogP contribution in [-0.2, 0) is 4.79 Å². The number of hydrogen-bond donors (Lipinski definition) is 2. The molecule has 1 fully saturated rings. The summed E-state index contributed by atoms with van der Waals surface area (Å²) in [4.78, 5) is 24.4. The lowest BCUT2D eigenvalue weighted by Crippen LogP contribution is -2.37. The van der Waals surface area contributed by atoms with Crippen molar-refractivity contribution in [3.05, 3.63) is 23.8 Å². The van der Waals surface area contributed by atoms with Crippen molar-refractivity contribution in [2.24, 2.45) is 5.92 Å². The van der Waals surface area contributed by atoms with Gasteiger partial charge in [0, 0.05) is 12.6 Å². The third-order valence-electron chi connectivity index (χ3n) is 3.22. The number of benzene rings is 1. The molecule has 0 aliphatic heterocycles. The van der Waals surface area contributed by atoms with Crippen molar-refractivity contribution in [1.82, 2.24) is 4.90 Å². The standard InChI is InChI=1S/C14H17NO5/c1-20-10-4-5-11(12(16)6-10)14(19)15(8-13(17)18)7-9-2-3-9/h4-6,9,16H,2-3,7-8H2,1H3,(H,17,18). The third kappa shape index (κ3) is 3.40. The van der Waals surface area contributed by atoms with Crippen molar-refractivity contribution >= 4 is 11.9 Å². The molecule has 6 heteroatoms. The molecule has 0 atom stereocenters. The fraction of sp³-hybridized carbons (Fsp3) is 0.429. The van der Waals surface area contributed by atoms with Crippen LogP contribution >= 0.6 is 0 Å². The molecule has 0 spiro atoms. The fourth-order valence-electron chi connectivity index (χ4n) is 1.98. The second-order valence-electron chi connectivity index (χ2n) is 4.91. The molecule has 2 N–H and O–H groups in total. The number of aliphatic carboxylic acids is 1. The summed E-state index contributed by atoms with van der Waals surface area (Å²) in [5.74, 6) is -0.934. The van der Waals surface area contributed by atoms with Crippen LogP contribution in [0.15, 0.2) is 18.2 Å². The molecule has 0 saturated heterocycles. The maximum atomic E-state index is 12.3. The minimum Gasteiger partial charge on any atom is -0.507 e. The fourth-order valence-corrected chi connectivity index (χ4v) is 1.98. The molecule has 1 amide bonds. The van der Waals surface area contributed by atoms with Gasteiger partial charge in [0.15, 0.2) is 0 Å². The summed E-state index contributed by atoms with van der Waals surface area (Å²) in [5, 5.41) is 18.7. The van der Waals surface area contributed by atoms with Crippen molar-refractivity contribution < 1.29 is 24.5 Å². The molecule has 1 aliphatic rings. The zero-order chi connectivity index (χ0) is 14.7. The Morgan fingerprint density at radius 2 is 2.10 bits per heavy atom. The molecule has 1 saturated carbocycles. The summed E-state index contributed by atoms with van der Waals surface area (Å²) in [7, 11) is 1.46. The van der Waals surface area contributed by atoms with Crippen LogP contribution in [-0.4, -0.2) is 47.2 Å². The van der Waals surface area contributed by atoms with Crippen molar-refractivity contribution in [3.63, 3.8) is 0 Å². The minimum absolute atomic E-state index is 0.0905. The van der Waals surface area contributed by atoms with Crippen LogP contribution in [0.1, 0.15) is 23.2 Å². The lowest BCUT2D eigenvalue weighted by molar-refractivity contribution is -0.137. The third-order valence-corrected chi connectivity index (χ3v) is 3.22. The first kappa shape index (κ1) is 14.2. The van der Waals surface area contributed by atoms with Gasteiger partial charge in [-0.3, -0.25) is 9.59 Å². The van der Waals surface area contributed by atoms with Gasteiger partial charge < -0.3 is 19.8 Å². The molecule has 0 bridgehead atoms. The predicted octanol–water partition coefficient (Wildman–Crippen LogP) is 1.34. The second kappa shape index (κ2) is 5.81. The van der Waals surface area contributed by atoms with Crippen molar-refractivity contribution in [2.75, 3.05) is 20.2 Å². The quantitative estimate of drug-likeness (QED) is 0.820. The first-order valence-corrected chi connectivity index (χ1v) is 6.39. The number of methoxy groups -OCH3 is 1. The van der Waals surface area contributed by atoms with Gasteiger partial charge in [-0.25, -0.2) is 0 Å². The summed E-state index contributed by atoms with van der Waals surface area (Å²) < 4.78 is 4.95. The predicted molar refractivity (Wildman–Crippen MR) is 70.9 cm³/mol. The van der Waals surface area contributed by atoms with Gasteiger partial charge in [0.2, 0.25) is 0 Å². The van der Waals surface area contributed by atoms with E-state index in [0.717, 1.165) is 12.8 Å². The molecule has 0 heterocycles. The highest BCUT2D eigenvalue weighted by Crippen LogP contribution is 2.31. The number of ether oxygens (including phenoxy) is 1. The Morgan fingerprint density at radius 1 is 1.40 bits per heavy atom. The summed E-state index contributed by atoms with van der Waals surface area (Å²) in [5.41, 5.74) is 0.0905. The van der Waals surface area contributed by atoms with Crippen molar-refractivity contribution in [3.8, 4) is 11.5 Å². The Balaban J connectivity index is 2.18. The van der Waals surface area contributed by atoms with E-state index in [9.17, 15) is 14.7 Å². The van der Waals surface area contributed by atoms with Gasteiger partial charge in [0.25, 0.3) is 5.91 Å². The maximum Gasteiger partial charge on any atom is 0.323 e. The number of phenolic OH excluding ortho intramolecular Hbond substituents is 1. The molecular formula is C14H17NO5. The molecule has 0 radical (unpaired) electrons. The van der Waals surface area contributed by atoms with E-state index in [1.54, 1.807) is 6.07 Å². The first-order chi connectivity index (χ1) is 9.51. The van der Waals surface area contributed by atoms with Crippen LogP contribution in [0.25, 0.3) is 0 Å². The van der Waals surface area contributed by atoms with Crippen LogP contribution in [0.3, 0.4) is 0 Å². The SMILES string of the molecule is COc1ccc(C(=O)N(CC(=O)O)CC2CC2)c(O)c1. The highest BCUT2D eigenvalue weighted by atomic mass is 16.5. The lowest BCUT2D eigenvalue weighted by atomic mass is 10.1. The molecule has 1 aromatic rings. The Kier molecular flexibility index (Phi) is 4.12. The van der Waals surface area contributed by atoms with Gasteiger partial charge in [0.1, 0.15) is 18.0 Å². The van der Waals surface area contributed by atoms with Gasteiger partial charge in [-0.15, -0.1) is 0 Å². The number of hydrogen-bond acceptors (Lipinski definition) is 4. The molecule has 108 valence electrons. The van der Waals surface area contributed by atoms with E-state index in [1.807, 2.05) is 0 Å². The average molecular weight is 279 g/mol. The lowest BCUT2D eigenvalue weighted by Gasteiger charge is -2.21. The van der Waals surface area contributed by atoms with Crippen molar-refractivity contribution in [1.29, 1.82) is 0 Å². The molecule has 2 rings (SSSR count). The maximum absolute atomic E-state index is 12.3. The minimum atomic E-state index is -1.06. The van der Waals surface area contributed by atoms with E-state index < -0.39 is 11.9 Å². The number of rotatable bonds is 6. The number of carbonyl (C=O) groups is 2. The van der Waals surface area contributed by atoms with Crippen LogP contribution in [0.5, 0.6) is 11.5 Å². The zero-order valence-corrected chi connectivity index (χ0v) is 11.2. The van der Waals surface area contributed by atoms with Gasteiger partial charge in [-0.05, 0) is 30.9 Å². The van der Waals surface area contributed by atoms with Gasteiger partial charge in [-0.1, -0.05) is 0 Å². The van der Waals surface area contributed by atoms with E-state index in [2.05, 4.69) is 0 Å². The van der Waals surface area contributed by atoms with Crippen LogP contribution < -0.4 is 4.74 Å². The second-order valence-corrected chi connectivity index (χ2v) is 4.91. The van der Waals surface area contributed by atoms with E-state index in [1.165, 1.54) is 24.1 Å². The molecule has 0 aromatic heterocycles. The molecule has 1 aromatic carbocycles. The number of phenols is 1. The number of carbonyl (C=O) groups excluding carboxylic acids is 1.